The Morgan fingerprint density at radius 2 is 2.12 bits per heavy atom. The number of rotatable bonds is 2. The fourth-order valence-electron chi connectivity index (χ4n) is 1.83. The summed E-state index contributed by atoms with van der Waals surface area (Å²) < 4.78 is 0. The van der Waals surface area contributed by atoms with Crippen molar-refractivity contribution in [3.05, 3.63) is 29.3 Å². The molecule has 1 N–H and O–H groups in total. The molecule has 0 saturated carbocycles. The SMILES string of the molecule is N#CC1(Nc2cccc(Cl)c2)CCSCC1. The Balaban J connectivity index is 2.15. The number of anilines is 1. The number of nitrogens with zero attached hydrogens (tertiary/aromatic N) is 1. The van der Waals surface area contributed by atoms with Crippen LogP contribution in [0, 0.1) is 11.3 Å². The summed E-state index contributed by atoms with van der Waals surface area (Å²) in [6, 6.07) is 9.96. The van der Waals surface area contributed by atoms with Crippen molar-refractivity contribution in [2.45, 2.75) is 18.4 Å². The van der Waals surface area contributed by atoms with Crippen molar-refractivity contribution in [2.75, 3.05) is 16.8 Å². The molecule has 1 aliphatic heterocycles. The Kier molecular flexibility index (Phi) is 3.63. The molecular weight excluding hydrogens is 240 g/mol. The van der Waals surface area contributed by atoms with Gasteiger partial charge >= 0.3 is 0 Å². The lowest BCUT2D eigenvalue weighted by Crippen LogP contribution is -2.40. The second-order valence-electron chi connectivity index (χ2n) is 3.94. The van der Waals surface area contributed by atoms with E-state index in [0.29, 0.717) is 5.02 Å². The highest BCUT2D eigenvalue weighted by Gasteiger charge is 2.32. The van der Waals surface area contributed by atoms with Crippen molar-refractivity contribution >= 4 is 29.1 Å². The van der Waals surface area contributed by atoms with Crippen LogP contribution in [0.2, 0.25) is 5.02 Å². The van der Waals surface area contributed by atoms with Crippen molar-refractivity contribution < 1.29 is 0 Å². The van der Waals surface area contributed by atoms with E-state index in [1.54, 1.807) is 0 Å². The minimum absolute atomic E-state index is 0.407. The molecule has 1 heterocycles. The van der Waals surface area contributed by atoms with Gasteiger partial charge in [0, 0.05) is 10.7 Å². The zero-order valence-electron chi connectivity index (χ0n) is 8.87. The quantitative estimate of drug-likeness (QED) is 0.875. The number of thioether (sulfide) groups is 1. The topological polar surface area (TPSA) is 35.8 Å². The first-order valence-corrected chi connectivity index (χ1v) is 6.80. The molecule has 0 atom stereocenters. The zero-order chi connectivity index (χ0) is 11.4. The Morgan fingerprint density at radius 3 is 2.75 bits per heavy atom. The lowest BCUT2D eigenvalue weighted by atomic mass is 9.93. The zero-order valence-corrected chi connectivity index (χ0v) is 10.4. The normalized spacial score (nSPS) is 18.8. The second kappa shape index (κ2) is 4.99. The standard InChI is InChI=1S/C12H13ClN2S/c13-10-2-1-3-11(8-10)15-12(9-14)4-6-16-7-5-12/h1-3,8,15H,4-7H2. The molecule has 0 aliphatic carbocycles. The third-order valence-electron chi connectivity index (χ3n) is 2.77. The number of hydrogen-bond acceptors (Lipinski definition) is 3. The van der Waals surface area contributed by atoms with Crippen LogP contribution in [0.3, 0.4) is 0 Å². The lowest BCUT2D eigenvalue weighted by Gasteiger charge is -2.32. The van der Waals surface area contributed by atoms with E-state index in [1.165, 1.54) is 0 Å². The van der Waals surface area contributed by atoms with E-state index in [1.807, 2.05) is 36.0 Å². The highest BCUT2D eigenvalue weighted by molar-refractivity contribution is 7.99. The molecule has 1 aromatic rings. The van der Waals surface area contributed by atoms with Crippen LogP contribution in [-0.4, -0.2) is 17.0 Å². The van der Waals surface area contributed by atoms with Crippen LogP contribution in [0.5, 0.6) is 0 Å². The smallest absolute Gasteiger partial charge is 0.126 e. The molecule has 0 unspecified atom stereocenters. The molecule has 84 valence electrons. The summed E-state index contributed by atoms with van der Waals surface area (Å²) in [5, 5.41) is 13.3. The summed E-state index contributed by atoms with van der Waals surface area (Å²) in [5.74, 6) is 2.09. The molecule has 0 amide bonds. The van der Waals surface area contributed by atoms with E-state index in [0.717, 1.165) is 30.0 Å². The number of benzene rings is 1. The molecule has 1 fully saturated rings. The predicted molar refractivity (Wildman–Crippen MR) is 70.0 cm³/mol. The summed E-state index contributed by atoms with van der Waals surface area (Å²) in [6.45, 7) is 0. The lowest BCUT2D eigenvalue weighted by molar-refractivity contribution is 0.545. The van der Waals surface area contributed by atoms with E-state index >= 15 is 0 Å². The maximum Gasteiger partial charge on any atom is 0.126 e. The molecule has 0 bridgehead atoms. The number of halogens is 1. The van der Waals surface area contributed by atoms with E-state index in [-0.39, 0.29) is 0 Å². The van der Waals surface area contributed by atoms with Gasteiger partial charge in [0.05, 0.1) is 6.07 Å². The van der Waals surface area contributed by atoms with Gasteiger partial charge in [0.25, 0.3) is 0 Å². The van der Waals surface area contributed by atoms with E-state index in [4.69, 9.17) is 11.6 Å². The van der Waals surface area contributed by atoms with Crippen molar-refractivity contribution in [1.82, 2.24) is 0 Å². The monoisotopic (exact) mass is 252 g/mol. The molecule has 1 aliphatic rings. The van der Waals surface area contributed by atoms with Crippen LogP contribution in [0.15, 0.2) is 24.3 Å². The highest BCUT2D eigenvalue weighted by Crippen LogP contribution is 2.30. The first-order chi connectivity index (χ1) is 7.74. The number of nitrogens with one attached hydrogen (secondary N) is 1. The fraction of sp³-hybridized carbons (Fsp3) is 0.417. The van der Waals surface area contributed by atoms with Crippen molar-refractivity contribution in [1.29, 1.82) is 5.26 Å². The molecule has 2 rings (SSSR count). The maximum absolute atomic E-state index is 9.32. The van der Waals surface area contributed by atoms with Crippen LogP contribution >= 0.6 is 23.4 Å². The van der Waals surface area contributed by atoms with Gasteiger partial charge in [-0.2, -0.15) is 17.0 Å². The van der Waals surface area contributed by atoms with Crippen LogP contribution in [0.1, 0.15) is 12.8 Å². The summed E-state index contributed by atoms with van der Waals surface area (Å²) in [4.78, 5) is 0. The van der Waals surface area contributed by atoms with Crippen molar-refractivity contribution in [3.63, 3.8) is 0 Å². The van der Waals surface area contributed by atoms with Crippen LogP contribution in [0.4, 0.5) is 5.69 Å². The van der Waals surface area contributed by atoms with Crippen LogP contribution < -0.4 is 5.32 Å². The van der Waals surface area contributed by atoms with Gasteiger partial charge in [-0.25, -0.2) is 0 Å². The molecule has 16 heavy (non-hydrogen) atoms. The molecule has 1 aromatic carbocycles. The summed E-state index contributed by atoms with van der Waals surface area (Å²) in [6.07, 6.45) is 1.78. The minimum atomic E-state index is -0.407. The van der Waals surface area contributed by atoms with E-state index in [9.17, 15) is 5.26 Å². The third-order valence-corrected chi connectivity index (χ3v) is 3.99. The van der Waals surface area contributed by atoms with Gasteiger partial charge in [-0.15, -0.1) is 0 Å². The van der Waals surface area contributed by atoms with Gasteiger partial charge in [-0.3, -0.25) is 0 Å². The van der Waals surface area contributed by atoms with Gasteiger partial charge in [-0.05, 0) is 42.5 Å². The number of hydrogen-bond donors (Lipinski definition) is 1. The summed E-state index contributed by atoms with van der Waals surface area (Å²) >= 11 is 7.83. The highest BCUT2D eigenvalue weighted by atomic mass is 35.5. The van der Waals surface area contributed by atoms with E-state index < -0.39 is 5.54 Å². The van der Waals surface area contributed by atoms with Gasteiger partial charge in [-0.1, -0.05) is 17.7 Å². The average Bonchev–Trinajstić information content (AvgIpc) is 2.30. The second-order valence-corrected chi connectivity index (χ2v) is 5.60. The summed E-state index contributed by atoms with van der Waals surface area (Å²) in [5.41, 5.74) is 0.525. The van der Waals surface area contributed by atoms with Gasteiger partial charge in [0.1, 0.15) is 5.54 Å². The Labute approximate surface area is 105 Å². The minimum Gasteiger partial charge on any atom is -0.367 e. The molecule has 4 heteroatoms. The average molecular weight is 253 g/mol. The number of nitriles is 1. The predicted octanol–water partition coefficient (Wildman–Crippen LogP) is 3.54. The Bertz CT molecular complexity index is 408. The van der Waals surface area contributed by atoms with E-state index in [2.05, 4.69) is 11.4 Å². The molecule has 1 saturated heterocycles. The van der Waals surface area contributed by atoms with Gasteiger partial charge in [0.15, 0.2) is 0 Å². The summed E-state index contributed by atoms with van der Waals surface area (Å²) in [7, 11) is 0. The third kappa shape index (κ3) is 2.63. The molecule has 0 radical (unpaired) electrons. The first-order valence-electron chi connectivity index (χ1n) is 5.27. The van der Waals surface area contributed by atoms with Crippen LogP contribution in [0.25, 0.3) is 0 Å². The Hall–Kier alpha value is -0.850. The van der Waals surface area contributed by atoms with Crippen molar-refractivity contribution in [3.8, 4) is 6.07 Å². The molecule has 2 nitrogen and oxygen atoms in total. The molecule has 0 aromatic heterocycles. The largest absolute Gasteiger partial charge is 0.367 e. The maximum atomic E-state index is 9.32. The van der Waals surface area contributed by atoms with Gasteiger partial charge in [0.2, 0.25) is 0 Å². The fourth-order valence-corrected chi connectivity index (χ4v) is 3.21. The molecule has 0 spiro atoms. The Morgan fingerprint density at radius 1 is 1.38 bits per heavy atom. The first kappa shape index (κ1) is 11.6. The molecular formula is C12H13ClN2S. The van der Waals surface area contributed by atoms with Crippen LogP contribution in [-0.2, 0) is 0 Å². The van der Waals surface area contributed by atoms with Gasteiger partial charge < -0.3 is 5.32 Å². The van der Waals surface area contributed by atoms with Crippen molar-refractivity contribution in [2.24, 2.45) is 0 Å².